The number of nitrogens with zero attached hydrogens (tertiary/aromatic N) is 5. The Balaban J connectivity index is 1.19. The van der Waals surface area contributed by atoms with E-state index in [-0.39, 0.29) is 18.7 Å². The Kier molecular flexibility index (Phi) is 7.68. The average molecular weight is 522 g/mol. The maximum Gasteiger partial charge on any atom is 0.425 e. The van der Waals surface area contributed by atoms with Gasteiger partial charge in [0.2, 0.25) is 5.95 Å². The summed E-state index contributed by atoms with van der Waals surface area (Å²) in [6.07, 6.45) is -5.37. The van der Waals surface area contributed by atoms with Crippen LogP contribution in [0.2, 0.25) is 0 Å². The van der Waals surface area contributed by atoms with E-state index < -0.39 is 40.9 Å². The molecule has 2 saturated heterocycles. The lowest BCUT2D eigenvalue weighted by atomic mass is 10.1. The molecule has 9 nitrogen and oxygen atoms in total. The highest BCUT2D eigenvalue weighted by molar-refractivity contribution is 5.31. The molecule has 0 unspecified atom stereocenters. The van der Waals surface area contributed by atoms with Crippen molar-refractivity contribution in [2.75, 3.05) is 44.2 Å². The molecule has 198 valence electrons. The maximum absolute atomic E-state index is 13.1. The van der Waals surface area contributed by atoms with Crippen LogP contribution >= 0.6 is 0 Å². The van der Waals surface area contributed by atoms with Crippen LogP contribution in [0.1, 0.15) is 30.4 Å². The molecule has 0 bridgehead atoms. The van der Waals surface area contributed by atoms with Crippen LogP contribution in [0.5, 0.6) is 5.75 Å². The first-order valence-electron chi connectivity index (χ1n) is 11.3. The van der Waals surface area contributed by atoms with E-state index in [2.05, 4.69) is 20.0 Å². The highest BCUT2D eigenvalue weighted by atomic mass is 19.4. The van der Waals surface area contributed by atoms with Gasteiger partial charge in [-0.25, -0.2) is 15.1 Å². The number of alkyl halides is 6. The van der Waals surface area contributed by atoms with Crippen LogP contribution < -0.4 is 15.2 Å². The SMILES string of the molecule is O=c1[nH]ncc(OC[C@H]2CC[C@H](CCN3CCN(c4ncc(C(F)(F)F)cn4)CC3)O2)c1C(F)(F)F. The lowest BCUT2D eigenvalue weighted by Gasteiger charge is -2.35. The normalized spacial score (nSPS) is 21.7. The molecule has 0 aliphatic carbocycles. The van der Waals surface area contributed by atoms with E-state index in [1.54, 1.807) is 5.10 Å². The van der Waals surface area contributed by atoms with Gasteiger partial charge in [0.1, 0.15) is 6.61 Å². The van der Waals surface area contributed by atoms with Gasteiger partial charge in [0.15, 0.2) is 11.3 Å². The topological polar surface area (TPSA) is 96.5 Å². The van der Waals surface area contributed by atoms with Crippen LogP contribution in [-0.4, -0.2) is 76.6 Å². The predicted octanol–water partition coefficient (Wildman–Crippen LogP) is 2.74. The summed E-state index contributed by atoms with van der Waals surface area (Å²) in [6, 6.07) is 0. The molecular formula is C21H24F6N6O3. The van der Waals surface area contributed by atoms with E-state index in [1.807, 2.05) is 4.90 Å². The smallest absolute Gasteiger partial charge is 0.425 e. The number of anilines is 1. The Morgan fingerprint density at radius 3 is 2.28 bits per heavy atom. The number of aromatic amines is 1. The van der Waals surface area contributed by atoms with Crippen molar-refractivity contribution in [3.63, 3.8) is 0 Å². The van der Waals surface area contributed by atoms with Gasteiger partial charge in [-0.3, -0.25) is 9.69 Å². The van der Waals surface area contributed by atoms with Crippen LogP contribution in [0.3, 0.4) is 0 Å². The van der Waals surface area contributed by atoms with Crippen LogP contribution in [0, 0.1) is 0 Å². The van der Waals surface area contributed by atoms with Gasteiger partial charge >= 0.3 is 12.4 Å². The van der Waals surface area contributed by atoms with E-state index in [4.69, 9.17) is 9.47 Å². The molecule has 0 spiro atoms. The molecule has 4 heterocycles. The van der Waals surface area contributed by atoms with E-state index in [1.165, 1.54) is 0 Å². The molecule has 0 saturated carbocycles. The number of hydrogen-bond acceptors (Lipinski definition) is 8. The first kappa shape index (κ1) is 26.1. The number of halogens is 6. The third kappa shape index (κ3) is 6.43. The summed E-state index contributed by atoms with van der Waals surface area (Å²) in [7, 11) is 0. The summed E-state index contributed by atoms with van der Waals surface area (Å²) in [5.74, 6) is -0.373. The lowest BCUT2D eigenvalue weighted by Crippen LogP contribution is -2.47. The predicted molar refractivity (Wildman–Crippen MR) is 114 cm³/mol. The second-order valence-electron chi connectivity index (χ2n) is 8.59. The monoisotopic (exact) mass is 522 g/mol. The zero-order chi connectivity index (χ0) is 25.9. The molecule has 36 heavy (non-hydrogen) atoms. The van der Waals surface area contributed by atoms with Crippen molar-refractivity contribution in [2.45, 2.75) is 43.8 Å². The van der Waals surface area contributed by atoms with Crippen LogP contribution in [-0.2, 0) is 17.1 Å². The van der Waals surface area contributed by atoms with Crippen molar-refractivity contribution in [3.8, 4) is 5.75 Å². The second-order valence-corrected chi connectivity index (χ2v) is 8.59. The average Bonchev–Trinajstić information content (AvgIpc) is 3.28. The molecule has 4 rings (SSSR count). The van der Waals surface area contributed by atoms with Gasteiger partial charge in [-0.1, -0.05) is 0 Å². The maximum atomic E-state index is 13.1. The van der Waals surface area contributed by atoms with Gasteiger partial charge in [-0.05, 0) is 19.3 Å². The zero-order valence-electron chi connectivity index (χ0n) is 19.0. The van der Waals surface area contributed by atoms with E-state index in [0.717, 1.165) is 31.6 Å². The molecule has 1 N–H and O–H groups in total. The second kappa shape index (κ2) is 10.6. The Morgan fingerprint density at radius 2 is 1.64 bits per heavy atom. The molecule has 15 heteroatoms. The first-order chi connectivity index (χ1) is 17.0. The lowest BCUT2D eigenvalue weighted by molar-refractivity contribution is -0.140. The minimum Gasteiger partial charge on any atom is -0.488 e. The standard InChI is InChI=1S/C21H24F6N6O3/c22-20(23,24)13-9-28-19(29-10-13)33-7-5-32(6-8-33)4-3-14-1-2-15(36-14)12-35-16-11-30-31-18(34)17(16)21(25,26)27/h9-11,14-15H,1-8,12H2,(H,31,34)/t14-,15-/m1/s1. The molecule has 2 aliphatic heterocycles. The molecule has 2 aromatic heterocycles. The van der Waals surface area contributed by atoms with Crippen molar-refractivity contribution >= 4 is 5.95 Å². The fourth-order valence-corrected chi connectivity index (χ4v) is 4.19. The van der Waals surface area contributed by atoms with Crippen molar-refractivity contribution in [1.82, 2.24) is 25.1 Å². The fourth-order valence-electron chi connectivity index (χ4n) is 4.19. The van der Waals surface area contributed by atoms with E-state index in [9.17, 15) is 31.1 Å². The van der Waals surface area contributed by atoms with Crippen molar-refractivity contribution < 1.29 is 35.8 Å². The van der Waals surface area contributed by atoms with Gasteiger partial charge in [0.25, 0.3) is 5.56 Å². The number of piperazine rings is 1. The van der Waals surface area contributed by atoms with E-state index in [0.29, 0.717) is 39.0 Å². The van der Waals surface area contributed by atoms with Gasteiger partial charge in [0, 0.05) is 45.1 Å². The Morgan fingerprint density at radius 1 is 0.972 bits per heavy atom. The summed E-state index contributed by atoms with van der Waals surface area (Å²) in [5, 5.41) is 5.13. The van der Waals surface area contributed by atoms with Crippen LogP contribution in [0.4, 0.5) is 32.3 Å². The number of nitrogens with one attached hydrogen (secondary N) is 1. The number of H-pyrrole nitrogens is 1. The quantitative estimate of drug-likeness (QED) is 0.555. The Hall–Kier alpha value is -2.94. The summed E-state index contributed by atoms with van der Waals surface area (Å²) in [6.45, 7) is 3.10. The molecule has 2 aromatic rings. The summed E-state index contributed by atoms with van der Waals surface area (Å²) in [5.41, 5.74) is -3.68. The minimum absolute atomic E-state index is 0.0748. The highest BCUT2D eigenvalue weighted by Crippen LogP contribution is 2.33. The molecule has 2 atom stereocenters. The Labute approximate surface area is 201 Å². The van der Waals surface area contributed by atoms with Gasteiger partial charge in [-0.2, -0.15) is 31.4 Å². The van der Waals surface area contributed by atoms with Crippen molar-refractivity contribution in [1.29, 1.82) is 0 Å². The number of hydrogen-bond donors (Lipinski definition) is 1. The minimum atomic E-state index is -4.87. The van der Waals surface area contributed by atoms with E-state index >= 15 is 0 Å². The molecular weight excluding hydrogens is 498 g/mol. The van der Waals surface area contributed by atoms with Crippen molar-refractivity contribution in [3.05, 3.63) is 40.1 Å². The Bertz CT molecular complexity index is 1070. The number of aromatic nitrogens is 4. The number of rotatable bonds is 7. The third-order valence-electron chi connectivity index (χ3n) is 6.11. The number of ether oxygens (including phenoxy) is 2. The first-order valence-corrected chi connectivity index (χ1v) is 11.3. The summed E-state index contributed by atoms with van der Waals surface area (Å²) < 4.78 is 88.5. The van der Waals surface area contributed by atoms with Crippen LogP contribution in [0.15, 0.2) is 23.4 Å². The van der Waals surface area contributed by atoms with Gasteiger partial charge in [0.05, 0.1) is 24.0 Å². The molecule has 0 radical (unpaired) electrons. The third-order valence-corrected chi connectivity index (χ3v) is 6.11. The van der Waals surface area contributed by atoms with Crippen LogP contribution in [0.25, 0.3) is 0 Å². The summed E-state index contributed by atoms with van der Waals surface area (Å²) in [4.78, 5) is 23.2. The largest absolute Gasteiger partial charge is 0.488 e. The molecule has 0 amide bonds. The molecule has 2 fully saturated rings. The molecule has 2 aliphatic rings. The van der Waals surface area contributed by atoms with Crippen molar-refractivity contribution in [2.24, 2.45) is 0 Å². The van der Waals surface area contributed by atoms with Gasteiger partial charge in [-0.15, -0.1) is 0 Å². The summed E-state index contributed by atoms with van der Waals surface area (Å²) >= 11 is 0. The van der Waals surface area contributed by atoms with Gasteiger partial charge < -0.3 is 14.4 Å². The zero-order valence-corrected chi connectivity index (χ0v) is 19.0. The fraction of sp³-hybridized carbons (Fsp3) is 0.619. The highest BCUT2D eigenvalue weighted by Gasteiger charge is 2.39. The molecule has 0 aromatic carbocycles.